The third-order valence-electron chi connectivity index (χ3n) is 3.16. The molecule has 0 bridgehead atoms. The van der Waals surface area contributed by atoms with Crippen molar-refractivity contribution in [1.29, 1.82) is 5.26 Å². The Morgan fingerprint density at radius 1 is 1.36 bits per heavy atom. The van der Waals surface area contributed by atoms with Gasteiger partial charge in [0.05, 0.1) is 12.5 Å². The second-order valence-electron chi connectivity index (χ2n) is 4.84. The molecule has 0 spiro atoms. The van der Waals surface area contributed by atoms with Gasteiger partial charge in [-0.3, -0.25) is 9.59 Å². The van der Waals surface area contributed by atoms with Crippen molar-refractivity contribution in [3.8, 4) is 6.07 Å². The van der Waals surface area contributed by atoms with Crippen LogP contribution in [-0.4, -0.2) is 66.2 Å². The van der Waals surface area contributed by atoms with Crippen LogP contribution < -0.4 is 5.32 Å². The lowest BCUT2D eigenvalue weighted by molar-refractivity contribution is -0.140. The second kappa shape index (κ2) is 8.67. The predicted molar refractivity (Wildman–Crippen MR) is 78.9 cm³/mol. The number of nitrogens with zero attached hydrogens (tertiary/aromatic N) is 3. The van der Waals surface area contributed by atoms with Crippen molar-refractivity contribution in [2.75, 3.05) is 20.1 Å². The quantitative estimate of drug-likeness (QED) is 0.577. The molecule has 9 nitrogen and oxygen atoms in total. The van der Waals surface area contributed by atoms with Crippen molar-refractivity contribution < 1.29 is 23.1 Å². The van der Waals surface area contributed by atoms with Gasteiger partial charge < -0.3 is 10.4 Å². The van der Waals surface area contributed by atoms with Gasteiger partial charge in [-0.25, -0.2) is 0 Å². The van der Waals surface area contributed by atoms with Gasteiger partial charge in [-0.2, -0.15) is 22.3 Å². The Bertz CT molecular complexity index is 542. The summed E-state index contributed by atoms with van der Waals surface area (Å²) in [7, 11) is -2.79. The van der Waals surface area contributed by atoms with Gasteiger partial charge in [0.2, 0.25) is 5.91 Å². The summed E-state index contributed by atoms with van der Waals surface area (Å²) in [5.74, 6) is -1.64. The van der Waals surface area contributed by atoms with E-state index in [0.29, 0.717) is 0 Å². The standard InChI is InChI=1S/C12H22N4O5S/c1-9(5-6-13)15(4)22(20,21)16(10(2)12(18)19)8-7-14-11(3)17/h9-10H,5,7-8H2,1-4H3,(H,14,17)(H,18,19). The van der Waals surface area contributed by atoms with Crippen LogP contribution in [0.25, 0.3) is 0 Å². The number of nitriles is 1. The SMILES string of the molecule is CC(=O)NCCN(C(C)C(=O)O)S(=O)(=O)N(C)C(C)CC#N. The highest BCUT2D eigenvalue weighted by Gasteiger charge is 2.36. The first-order chi connectivity index (χ1) is 10.1. The van der Waals surface area contributed by atoms with E-state index in [0.717, 1.165) is 8.61 Å². The van der Waals surface area contributed by atoms with E-state index in [1.165, 1.54) is 20.9 Å². The summed E-state index contributed by atoms with van der Waals surface area (Å²) >= 11 is 0. The number of carbonyl (C=O) groups is 2. The van der Waals surface area contributed by atoms with Crippen LogP contribution in [0.4, 0.5) is 0 Å². The molecule has 0 saturated carbocycles. The molecule has 2 unspecified atom stereocenters. The summed E-state index contributed by atoms with van der Waals surface area (Å²) < 4.78 is 26.8. The first kappa shape index (κ1) is 20.3. The highest BCUT2D eigenvalue weighted by molar-refractivity contribution is 7.86. The molecule has 2 atom stereocenters. The fourth-order valence-electron chi connectivity index (χ4n) is 1.63. The lowest BCUT2D eigenvalue weighted by Crippen LogP contribution is -2.53. The minimum Gasteiger partial charge on any atom is -0.480 e. The maximum absolute atomic E-state index is 12.5. The molecule has 10 heteroatoms. The Morgan fingerprint density at radius 2 is 1.91 bits per heavy atom. The number of hydrogen-bond donors (Lipinski definition) is 2. The van der Waals surface area contributed by atoms with Crippen molar-refractivity contribution in [1.82, 2.24) is 13.9 Å². The van der Waals surface area contributed by atoms with Gasteiger partial charge in [0.25, 0.3) is 10.2 Å². The third kappa shape index (κ3) is 5.59. The summed E-state index contributed by atoms with van der Waals surface area (Å²) in [6, 6.07) is -0.0222. The minimum atomic E-state index is -4.08. The molecule has 0 aromatic heterocycles. The summed E-state index contributed by atoms with van der Waals surface area (Å²) in [6.45, 7) is 3.89. The van der Waals surface area contributed by atoms with Gasteiger partial charge in [-0.1, -0.05) is 0 Å². The van der Waals surface area contributed by atoms with E-state index in [1.54, 1.807) is 6.92 Å². The van der Waals surface area contributed by atoms with Crippen LogP contribution in [0.3, 0.4) is 0 Å². The monoisotopic (exact) mass is 334 g/mol. The lowest BCUT2D eigenvalue weighted by Gasteiger charge is -2.32. The molecular weight excluding hydrogens is 312 g/mol. The summed E-state index contributed by atoms with van der Waals surface area (Å²) in [5, 5.41) is 20.2. The summed E-state index contributed by atoms with van der Waals surface area (Å²) in [5.41, 5.74) is 0. The first-order valence-corrected chi connectivity index (χ1v) is 8.04. The molecular formula is C12H22N4O5S. The molecule has 0 radical (unpaired) electrons. The Balaban J connectivity index is 5.32. The van der Waals surface area contributed by atoms with Crippen LogP contribution in [0.2, 0.25) is 0 Å². The predicted octanol–water partition coefficient (Wildman–Crippen LogP) is -0.624. The van der Waals surface area contributed by atoms with Gasteiger partial charge in [-0.05, 0) is 13.8 Å². The molecule has 0 saturated heterocycles. The average molecular weight is 334 g/mol. The fourth-order valence-corrected chi connectivity index (χ4v) is 3.30. The highest BCUT2D eigenvalue weighted by atomic mass is 32.2. The smallest absolute Gasteiger partial charge is 0.321 e. The van der Waals surface area contributed by atoms with Crippen LogP contribution >= 0.6 is 0 Å². The Morgan fingerprint density at radius 3 is 2.32 bits per heavy atom. The number of rotatable bonds is 9. The first-order valence-electron chi connectivity index (χ1n) is 6.64. The van der Waals surface area contributed by atoms with Crippen LogP contribution in [-0.2, 0) is 19.8 Å². The van der Waals surface area contributed by atoms with Gasteiger partial charge in [0.1, 0.15) is 6.04 Å². The number of carboxylic acid groups (broad SMARTS) is 1. The number of carboxylic acids is 1. The fraction of sp³-hybridized carbons (Fsp3) is 0.750. The molecule has 1 amide bonds. The van der Waals surface area contributed by atoms with Crippen molar-refractivity contribution in [2.24, 2.45) is 0 Å². The van der Waals surface area contributed by atoms with E-state index in [-0.39, 0.29) is 25.4 Å². The zero-order chi connectivity index (χ0) is 17.5. The zero-order valence-corrected chi connectivity index (χ0v) is 13.9. The largest absolute Gasteiger partial charge is 0.480 e. The molecule has 0 rings (SSSR count). The van der Waals surface area contributed by atoms with E-state index in [4.69, 9.17) is 10.4 Å². The molecule has 0 aliphatic rings. The summed E-state index contributed by atoms with van der Waals surface area (Å²) in [4.78, 5) is 22.0. The molecule has 2 N–H and O–H groups in total. The van der Waals surface area contributed by atoms with Crippen LogP contribution in [0, 0.1) is 11.3 Å². The molecule has 126 valence electrons. The number of hydrogen-bond acceptors (Lipinski definition) is 5. The highest BCUT2D eigenvalue weighted by Crippen LogP contribution is 2.15. The minimum absolute atomic E-state index is 0.00729. The Labute approximate surface area is 130 Å². The molecule has 22 heavy (non-hydrogen) atoms. The van der Waals surface area contributed by atoms with E-state index < -0.39 is 28.3 Å². The van der Waals surface area contributed by atoms with Crippen LogP contribution in [0.5, 0.6) is 0 Å². The van der Waals surface area contributed by atoms with Gasteiger partial charge in [0.15, 0.2) is 0 Å². The van der Waals surface area contributed by atoms with Crippen molar-refractivity contribution in [3.05, 3.63) is 0 Å². The molecule has 0 aliphatic carbocycles. The normalized spacial score (nSPS) is 14.4. The van der Waals surface area contributed by atoms with Crippen LogP contribution in [0.15, 0.2) is 0 Å². The number of carbonyl (C=O) groups excluding carboxylic acids is 1. The topological polar surface area (TPSA) is 131 Å². The van der Waals surface area contributed by atoms with Gasteiger partial charge in [0, 0.05) is 33.1 Å². The van der Waals surface area contributed by atoms with Crippen molar-refractivity contribution in [2.45, 2.75) is 39.3 Å². The van der Waals surface area contributed by atoms with Gasteiger partial charge in [-0.15, -0.1) is 0 Å². The van der Waals surface area contributed by atoms with Crippen LogP contribution in [0.1, 0.15) is 27.2 Å². The zero-order valence-electron chi connectivity index (χ0n) is 13.1. The van der Waals surface area contributed by atoms with E-state index >= 15 is 0 Å². The Hall–Kier alpha value is -1.70. The Kier molecular flexibility index (Phi) is 8.00. The number of amides is 1. The molecule has 0 heterocycles. The van der Waals surface area contributed by atoms with E-state index in [2.05, 4.69) is 5.32 Å². The number of aliphatic carboxylic acids is 1. The number of nitrogens with one attached hydrogen (secondary N) is 1. The molecule has 0 aromatic carbocycles. The van der Waals surface area contributed by atoms with Gasteiger partial charge >= 0.3 is 5.97 Å². The maximum Gasteiger partial charge on any atom is 0.321 e. The average Bonchev–Trinajstić information content (AvgIpc) is 2.41. The third-order valence-corrected chi connectivity index (χ3v) is 5.34. The van der Waals surface area contributed by atoms with E-state index in [1.807, 2.05) is 6.07 Å². The van der Waals surface area contributed by atoms with E-state index in [9.17, 15) is 18.0 Å². The lowest BCUT2D eigenvalue weighted by atomic mass is 10.3. The maximum atomic E-state index is 12.5. The van der Waals surface area contributed by atoms with Crippen molar-refractivity contribution in [3.63, 3.8) is 0 Å². The van der Waals surface area contributed by atoms with Crippen molar-refractivity contribution >= 4 is 22.1 Å². The molecule has 0 aliphatic heterocycles. The molecule has 0 aromatic rings. The second-order valence-corrected chi connectivity index (χ2v) is 6.78. The summed E-state index contributed by atoms with van der Waals surface area (Å²) in [6.07, 6.45) is -0.0171. The molecule has 0 fully saturated rings.